The summed E-state index contributed by atoms with van der Waals surface area (Å²) < 4.78 is 0. The molecule has 1 saturated heterocycles. The Bertz CT molecular complexity index is 1450. The van der Waals surface area contributed by atoms with Crippen molar-refractivity contribution in [1.82, 2.24) is 34.8 Å². The summed E-state index contributed by atoms with van der Waals surface area (Å²) >= 11 is 0. The lowest BCUT2D eigenvalue weighted by molar-refractivity contribution is 0.202. The van der Waals surface area contributed by atoms with E-state index in [4.69, 9.17) is 0 Å². The zero-order valence-electron chi connectivity index (χ0n) is 20.0. The Morgan fingerprint density at radius 2 is 1.85 bits per heavy atom. The van der Waals surface area contributed by atoms with Gasteiger partial charge in [-0.1, -0.05) is 19.9 Å². The Morgan fingerprint density at radius 1 is 1.03 bits per heavy atom. The van der Waals surface area contributed by atoms with Crippen molar-refractivity contribution in [1.29, 1.82) is 0 Å². The number of piperidine rings is 1. The van der Waals surface area contributed by atoms with Crippen LogP contribution in [0.25, 0.3) is 33.3 Å². The SMILES string of the molecule is Cc1nc[nH]c1CN1CCC(c2ccc3[nH]c(-c4ccnc5[nH]cnc45)c(C(C)C)c3c2)CC1. The highest BCUT2D eigenvalue weighted by Gasteiger charge is 2.24. The molecule has 1 aliphatic rings. The van der Waals surface area contributed by atoms with Gasteiger partial charge in [0.2, 0.25) is 0 Å². The van der Waals surface area contributed by atoms with Crippen LogP contribution in [0, 0.1) is 6.92 Å². The van der Waals surface area contributed by atoms with Crippen molar-refractivity contribution in [2.75, 3.05) is 13.1 Å². The fourth-order valence-corrected chi connectivity index (χ4v) is 5.54. The summed E-state index contributed by atoms with van der Waals surface area (Å²) in [5.41, 5.74) is 10.4. The number of nitrogens with zero attached hydrogens (tertiary/aromatic N) is 4. The normalized spacial score (nSPS) is 15.8. The quantitative estimate of drug-likeness (QED) is 0.321. The number of imidazole rings is 2. The van der Waals surface area contributed by atoms with Crippen molar-refractivity contribution in [2.24, 2.45) is 0 Å². The third kappa shape index (κ3) is 3.60. The average Bonchev–Trinajstić information content (AvgIpc) is 3.57. The average molecular weight is 454 g/mol. The monoisotopic (exact) mass is 453 g/mol. The number of likely N-dealkylation sites (tertiary alicyclic amines) is 1. The fourth-order valence-electron chi connectivity index (χ4n) is 5.54. The Labute approximate surface area is 199 Å². The largest absolute Gasteiger partial charge is 0.354 e. The summed E-state index contributed by atoms with van der Waals surface area (Å²) in [6.45, 7) is 9.82. The maximum atomic E-state index is 4.55. The predicted octanol–water partition coefficient (Wildman–Crippen LogP) is 5.64. The molecular weight excluding hydrogens is 422 g/mol. The number of benzene rings is 1. The van der Waals surface area contributed by atoms with Gasteiger partial charge in [-0.15, -0.1) is 0 Å². The summed E-state index contributed by atoms with van der Waals surface area (Å²) in [5, 5.41) is 1.33. The van der Waals surface area contributed by atoms with E-state index in [1.165, 1.54) is 40.6 Å². The second kappa shape index (κ2) is 8.40. The lowest BCUT2D eigenvalue weighted by Gasteiger charge is -2.32. The highest BCUT2D eigenvalue weighted by Crippen LogP contribution is 2.39. The predicted molar refractivity (Wildman–Crippen MR) is 136 cm³/mol. The Hall–Kier alpha value is -3.45. The summed E-state index contributed by atoms with van der Waals surface area (Å²) in [6, 6.07) is 9.09. The fraction of sp³-hybridized carbons (Fsp3) is 0.370. The van der Waals surface area contributed by atoms with Gasteiger partial charge in [-0.25, -0.2) is 15.0 Å². The van der Waals surface area contributed by atoms with E-state index in [0.29, 0.717) is 11.8 Å². The van der Waals surface area contributed by atoms with Crippen molar-refractivity contribution in [3.63, 3.8) is 0 Å². The molecule has 0 spiro atoms. The van der Waals surface area contributed by atoms with Gasteiger partial charge in [0, 0.05) is 29.2 Å². The number of H-pyrrole nitrogens is 3. The third-order valence-corrected chi connectivity index (χ3v) is 7.40. The van der Waals surface area contributed by atoms with Crippen LogP contribution < -0.4 is 0 Å². The zero-order valence-corrected chi connectivity index (χ0v) is 20.0. The number of nitrogens with one attached hydrogen (secondary N) is 3. The molecule has 5 aromatic rings. The van der Waals surface area contributed by atoms with Crippen LogP contribution in [0.15, 0.2) is 43.1 Å². The maximum absolute atomic E-state index is 4.55. The van der Waals surface area contributed by atoms with Crippen LogP contribution in [0.3, 0.4) is 0 Å². The summed E-state index contributed by atoms with van der Waals surface area (Å²) in [7, 11) is 0. The molecule has 0 bridgehead atoms. The van der Waals surface area contributed by atoms with E-state index in [1.807, 2.05) is 6.20 Å². The highest BCUT2D eigenvalue weighted by molar-refractivity contribution is 5.97. The number of hydrogen-bond acceptors (Lipinski definition) is 4. The molecule has 7 nitrogen and oxygen atoms in total. The zero-order chi connectivity index (χ0) is 23.2. The van der Waals surface area contributed by atoms with Gasteiger partial charge >= 0.3 is 0 Å². The molecule has 34 heavy (non-hydrogen) atoms. The molecule has 0 unspecified atom stereocenters. The standard InChI is InChI=1S/C27H31N7/c1-16(2)24-21-12-19(18-7-10-34(11-8-18)13-23-17(3)29-14-30-23)4-5-22(21)33-25(24)20-6-9-28-27-26(20)31-15-32-27/h4-6,9,12,14-16,18,33H,7-8,10-11,13H2,1-3H3,(H,29,30)(H,28,31,32). The molecule has 6 rings (SSSR count). The van der Waals surface area contributed by atoms with Gasteiger partial charge in [-0.2, -0.15) is 0 Å². The van der Waals surface area contributed by atoms with E-state index in [1.54, 1.807) is 12.7 Å². The lowest BCUT2D eigenvalue weighted by atomic mass is 9.87. The van der Waals surface area contributed by atoms with Gasteiger partial charge in [0.25, 0.3) is 0 Å². The van der Waals surface area contributed by atoms with Crippen LogP contribution in [0.1, 0.15) is 61.0 Å². The molecular formula is C27H31N7. The molecule has 174 valence electrons. The van der Waals surface area contributed by atoms with Crippen LogP contribution in [0.5, 0.6) is 0 Å². The minimum atomic E-state index is 0.389. The number of aromatic amines is 3. The van der Waals surface area contributed by atoms with Gasteiger partial charge in [-0.3, -0.25) is 4.90 Å². The minimum absolute atomic E-state index is 0.389. The number of hydrogen-bond donors (Lipinski definition) is 3. The first kappa shape index (κ1) is 21.1. The van der Waals surface area contributed by atoms with Gasteiger partial charge in [-0.05, 0) is 74.0 Å². The Kier molecular flexibility index (Phi) is 5.21. The van der Waals surface area contributed by atoms with Crippen LogP contribution in [0.2, 0.25) is 0 Å². The second-order valence-corrected chi connectivity index (χ2v) is 9.85. The van der Waals surface area contributed by atoms with Crippen LogP contribution in [-0.2, 0) is 6.54 Å². The number of aryl methyl sites for hydroxylation is 1. The van der Waals surface area contributed by atoms with Gasteiger partial charge in [0.05, 0.1) is 29.7 Å². The smallest absolute Gasteiger partial charge is 0.157 e. The summed E-state index contributed by atoms with van der Waals surface area (Å²) in [4.78, 5) is 26.0. The van der Waals surface area contributed by atoms with Crippen LogP contribution in [-0.4, -0.2) is 47.9 Å². The van der Waals surface area contributed by atoms with Gasteiger partial charge in [0.1, 0.15) is 5.52 Å². The number of rotatable bonds is 5. The van der Waals surface area contributed by atoms with E-state index in [9.17, 15) is 0 Å². The van der Waals surface area contributed by atoms with Crippen molar-refractivity contribution < 1.29 is 0 Å². The first-order chi connectivity index (χ1) is 16.6. The molecule has 3 N–H and O–H groups in total. The number of aromatic nitrogens is 6. The van der Waals surface area contributed by atoms with Crippen molar-refractivity contribution in [3.05, 3.63) is 65.6 Å². The van der Waals surface area contributed by atoms with Crippen LogP contribution >= 0.6 is 0 Å². The molecule has 1 aromatic carbocycles. The molecule has 1 aliphatic heterocycles. The van der Waals surface area contributed by atoms with E-state index in [2.05, 4.69) is 79.8 Å². The van der Waals surface area contributed by atoms with E-state index < -0.39 is 0 Å². The lowest BCUT2D eigenvalue weighted by Crippen LogP contribution is -2.32. The Morgan fingerprint density at radius 3 is 2.62 bits per heavy atom. The van der Waals surface area contributed by atoms with Crippen LogP contribution in [0.4, 0.5) is 0 Å². The van der Waals surface area contributed by atoms with E-state index in [0.717, 1.165) is 47.7 Å². The van der Waals surface area contributed by atoms with Crippen molar-refractivity contribution >= 4 is 22.1 Å². The molecule has 5 heterocycles. The van der Waals surface area contributed by atoms with E-state index in [-0.39, 0.29) is 0 Å². The molecule has 1 fully saturated rings. The molecule has 0 saturated carbocycles. The summed E-state index contributed by atoms with van der Waals surface area (Å²) in [5.74, 6) is 0.987. The Balaban J connectivity index is 1.30. The molecule has 0 amide bonds. The second-order valence-electron chi connectivity index (χ2n) is 9.85. The summed E-state index contributed by atoms with van der Waals surface area (Å²) in [6.07, 6.45) is 7.75. The highest BCUT2D eigenvalue weighted by atomic mass is 15.1. The topological polar surface area (TPSA) is 89.3 Å². The van der Waals surface area contributed by atoms with Gasteiger partial charge in [0.15, 0.2) is 5.65 Å². The third-order valence-electron chi connectivity index (χ3n) is 7.40. The number of fused-ring (bicyclic) bond motifs is 2. The molecule has 7 heteroatoms. The molecule has 0 radical (unpaired) electrons. The van der Waals surface area contributed by atoms with Crippen molar-refractivity contribution in [3.8, 4) is 11.3 Å². The van der Waals surface area contributed by atoms with Crippen molar-refractivity contribution in [2.45, 2.75) is 52.0 Å². The van der Waals surface area contributed by atoms with Gasteiger partial charge < -0.3 is 15.0 Å². The molecule has 0 atom stereocenters. The minimum Gasteiger partial charge on any atom is -0.354 e. The maximum Gasteiger partial charge on any atom is 0.157 e. The first-order valence-corrected chi connectivity index (χ1v) is 12.2. The molecule has 4 aromatic heterocycles. The van der Waals surface area contributed by atoms with E-state index >= 15 is 0 Å². The first-order valence-electron chi connectivity index (χ1n) is 12.2. The molecule has 0 aliphatic carbocycles. The number of pyridine rings is 1.